The smallest absolute Gasteiger partial charge is 0.273 e. The van der Waals surface area contributed by atoms with Crippen molar-refractivity contribution in [1.82, 2.24) is 20.0 Å². The van der Waals surface area contributed by atoms with Crippen molar-refractivity contribution in [2.45, 2.75) is 90.8 Å². The molecular weight excluding hydrogens is 468 g/mol. The van der Waals surface area contributed by atoms with Gasteiger partial charge in [0, 0.05) is 31.9 Å². The molecule has 2 aromatic rings. The van der Waals surface area contributed by atoms with Crippen molar-refractivity contribution in [1.29, 1.82) is 0 Å². The van der Waals surface area contributed by atoms with E-state index in [4.69, 9.17) is 14.6 Å². The number of hydrogen-bond acceptors (Lipinski definition) is 5. The molecule has 8 nitrogen and oxygen atoms in total. The molecule has 1 atom stereocenters. The van der Waals surface area contributed by atoms with Gasteiger partial charge in [0.15, 0.2) is 0 Å². The molecule has 2 heterocycles. The number of hydrogen-bond donors (Lipinski definition) is 1. The third-order valence-electron chi connectivity index (χ3n) is 7.04. The van der Waals surface area contributed by atoms with Crippen molar-refractivity contribution in [3.8, 4) is 17.0 Å². The number of unbranched alkanes of at least 4 members (excludes halogenated alkanes) is 1. The molecule has 1 unspecified atom stereocenters. The van der Waals surface area contributed by atoms with Crippen LogP contribution in [-0.2, 0) is 16.1 Å². The zero-order chi connectivity index (χ0) is 26.8. The molecule has 0 saturated heterocycles. The minimum Gasteiger partial charge on any atom is -0.493 e. The van der Waals surface area contributed by atoms with Gasteiger partial charge in [0.05, 0.1) is 18.8 Å². The molecule has 0 radical (unpaired) electrons. The molecule has 1 N–H and O–H groups in total. The Hall–Kier alpha value is -2.87. The van der Waals surface area contributed by atoms with Crippen molar-refractivity contribution >= 4 is 11.8 Å². The summed E-state index contributed by atoms with van der Waals surface area (Å²) in [5.41, 5.74) is 0.945. The first-order valence-electron chi connectivity index (χ1n) is 13.8. The topological polar surface area (TPSA) is 85.7 Å². The summed E-state index contributed by atoms with van der Waals surface area (Å²) >= 11 is 0. The van der Waals surface area contributed by atoms with E-state index in [1.54, 1.807) is 16.7 Å². The maximum atomic E-state index is 13.8. The highest BCUT2D eigenvalue weighted by atomic mass is 16.5. The summed E-state index contributed by atoms with van der Waals surface area (Å²) < 4.78 is 13.0. The first kappa shape index (κ1) is 28.7. The number of rotatable bonds is 15. The van der Waals surface area contributed by atoms with Gasteiger partial charge in [0.2, 0.25) is 5.91 Å². The number of fused-ring (bicyclic) bond motifs is 1. The molecule has 0 aliphatic carbocycles. The van der Waals surface area contributed by atoms with Crippen LogP contribution in [0.1, 0.15) is 83.1 Å². The normalized spacial score (nSPS) is 17.2. The number of methoxy groups -OCH3 is 1. The lowest BCUT2D eigenvalue weighted by atomic mass is 9.93. The van der Waals surface area contributed by atoms with Crippen LogP contribution in [0, 0.1) is 0 Å². The fourth-order valence-corrected chi connectivity index (χ4v) is 4.95. The third kappa shape index (κ3) is 6.72. The van der Waals surface area contributed by atoms with E-state index >= 15 is 0 Å². The molecule has 1 aliphatic heterocycles. The monoisotopic (exact) mass is 512 g/mol. The number of nitrogens with zero attached hydrogens (tertiary/aromatic N) is 3. The molecule has 2 amide bonds. The lowest BCUT2D eigenvalue weighted by Gasteiger charge is -2.44. The van der Waals surface area contributed by atoms with Gasteiger partial charge in [-0.2, -0.15) is 5.10 Å². The largest absolute Gasteiger partial charge is 0.493 e. The highest BCUT2D eigenvalue weighted by Gasteiger charge is 2.48. The fraction of sp³-hybridized carbons (Fsp3) is 0.621. The van der Waals surface area contributed by atoms with Gasteiger partial charge in [0.25, 0.3) is 5.91 Å². The standard InChI is InChI=1S/C29H44N4O4/c1-6-9-19-37-26-16-11-10-15-23(26)24-20-25-27(34)32(17-12-18-36-5)29(4,21-33(25)31-24)28(35)30-22(13-7-2)14-8-3/h10-11,15-16,20,22H,6-9,12-14,17-19,21H2,1-5H3,(H,30,35). The Bertz CT molecular complexity index is 1030. The van der Waals surface area contributed by atoms with Crippen LogP contribution in [-0.4, -0.2) is 64.9 Å². The quantitative estimate of drug-likeness (QED) is 0.337. The SMILES string of the molecule is CCCCOc1ccccc1-c1cc2n(n1)CC(C)(C(=O)NC(CCC)CCC)N(CCCOC)C2=O. The van der Waals surface area contributed by atoms with Crippen LogP contribution in [0.3, 0.4) is 0 Å². The van der Waals surface area contributed by atoms with E-state index in [0.29, 0.717) is 37.6 Å². The summed E-state index contributed by atoms with van der Waals surface area (Å²) in [6.07, 6.45) is 6.47. The molecule has 0 fully saturated rings. The van der Waals surface area contributed by atoms with Gasteiger partial charge >= 0.3 is 0 Å². The molecule has 0 bridgehead atoms. The lowest BCUT2D eigenvalue weighted by molar-refractivity contribution is -0.134. The lowest BCUT2D eigenvalue weighted by Crippen LogP contribution is -2.65. The second-order valence-corrected chi connectivity index (χ2v) is 10.1. The molecule has 1 aromatic carbocycles. The van der Waals surface area contributed by atoms with E-state index in [2.05, 4.69) is 26.1 Å². The molecule has 0 spiro atoms. The van der Waals surface area contributed by atoms with Gasteiger partial charge in [-0.15, -0.1) is 0 Å². The average Bonchev–Trinajstić information content (AvgIpc) is 3.30. The number of para-hydroxylation sites is 1. The van der Waals surface area contributed by atoms with E-state index in [1.165, 1.54) is 0 Å². The van der Waals surface area contributed by atoms with Gasteiger partial charge in [-0.1, -0.05) is 52.2 Å². The summed E-state index contributed by atoms with van der Waals surface area (Å²) in [6, 6.07) is 9.69. The predicted octanol–water partition coefficient (Wildman–Crippen LogP) is 5.07. The Kier molecular flexibility index (Phi) is 10.6. The maximum Gasteiger partial charge on any atom is 0.273 e. The summed E-state index contributed by atoms with van der Waals surface area (Å²) in [7, 11) is 1.64. The van der Waals surface area contributed by atoms with Crippen LogP contribution >= 0.6 is 0 Å². The molecule has 1 aromatic heterocycles. The Morgan fingerprint density at radius 3 is 2.51 bits per heavy atom. The van der Waals surface area contributed by atoms with Crippen molar-refractivity contribution < 1.29 is 19.1 Å². The van der Waals surface area contributed by atoms with Crippen LogP contribution in [0.2, 0.25) is 0 Å². The molecule has 3 rings (SSSR count). The molecule has 37 heavy (non-hydrogen) atoms. The van der Waals surface area contributed by atoms with Crippen molar-refractivity contribution in [3.05, 3.63) is 36.0 Å². The fourth-order valence-electron chi connectivity index (χ4n) is 4.95. The second kappa shape index (κ2) is 13.6. The second-order valence-electron chi connectivity index (χ2n) is 10.1. The summed E-state index contributed by atoms with van der Waals surface area (Å²) in [6.45, 7) is 10.1. The minimum absolute atomic E-state index is 0.0944. The van der Waals surface area contributed by atoms with Crippen molar-refractivity contribution in [2.24, 2.45) is 0 Å². The van der Waals surface area contributed by atoms with Gasteiger partial charge in [-0.05, 0) is 50.8 Å². The van der Waals surface area contributed by atoms with Gasteiger partial charge in [0.1, 0.15) is 17.0 Å². The average molecular weight is 513 g/mol. The van der Waals surface area contributed by atoms with Crippen LogP contribution in [0.4, 0.5) is 0 Å². The molecule has 204 valence electrons. The Morgan fingerprint density at radius 1 is 1.11 bits per heavy atom. The van der Waals surface area contributed by atoms with E-state index in [1.807, 2.05) is 37.3 Å². The summed E-state index contributed by atoms with van der Waals surface area (Å²) in [4.78, 5) is 29.3. The van der Waals surface area contributed by atoms with Crippen LogP contribution in [0.25, 0.3) is 11.3 Å². The first-order chi connectivity index (χ1) is 17.9. The number of aromatic nitrogens is 2. The van der Waals surface area contributed by atoms with Crippen LogP contribution < -0.4 is 10.1 Å². The Morgan fingerprint density at radius 2 is 1.84 bits per heavy atom. The number of nitrogens with one attached hydrogen (secondary N) is 1. The molecular formula is C29H44N4O4. The highest BCUT2D eigenvalue weighted by Crippen LogP contribution is 2.34. The zero-order valence-corrected chi connectivity index (χ0v) is 23.2. The summed E-state index contributed by atoms with van der Waals surface area (Å²) in [5, 5.41) is 8.06. The molecule has 0 saturated carbocycles. The Balaban J connectivity index is 1.95. The first-order valence-corrected chi connectivity index (χ1v) is 13.8. The third-order valence-corrected chi connectivity index (χ3v) is 7.04. The Labute approximate surface area is 221 Å². The van der Waals surface area contributed by atoms with Crippen LogP contribution in [0.5, 0.6) is 5.75 Å². The number of carbonyl (C=O) groups excluding carboxylic acids is 2. The van der Waals surface area contributed by atoms with E-state index in [0.717, 1.165) is 49.8 Å². The van der Waals surface area contributed by atoms with Crippen molar-refractivity contribution in [2.75, 3.05) is 26.9 Å². The molecule has 8 heteroatoms. The minimum atomic E-state index is -1.06. The maximum absolute atomic E-state index is 13.8. The highest BCUT2D eigenvalue weighted by molar-refractivity contribution is 6.00. The molecule has 1 aliphatic rings. The van der Waals surface area contributed by atoms with Crippen LogP contribution in [0.15, 0.2) is 30.3 Å². The van der Waals surface area contributed by atoms with Crippen molar-refractivity contribution in [3.63, 3.8) is 0 Å². The predicted molar refractivity (Wildman–Crippen MR) is 146 cm³/mol. The van der Waals surface area contributed by atoms with Gasteiger partial charge < -0.3 is 19.7 Å². The number of amides is 2. The summed E-state index contributed by atoms with van der Waals surface area (Å²) in [5.74, 6) is 0.431. The van der Waals surface area contributed by atoms with E-state index in [-0.39, 0.29) is 24.4 Å². The number of benzene rings is 1. The van der Waals surface area contributed by atoms with Gasteiger partial charge in [-0.25, -0.2) is 0 Å². The van der Waals surface area contributed by atoms with E-state index < -0.39 is 5.54 Å². The zero-order valence-electron chi connectivity index (χ0n) is 23.2. The van der Waals surface area contributed by atoms with Gasteiger partial charge in [-0.3, -0.25) is 14.3 Å². The number of carbonyl (C=O) groups is 2. The van der Waals surface area contributed by atoms with E-state index in [9.17, 15) is 9.59 Å². The number of ether oxygens (including phenoxy) is 2.